The number of rotatable bonds is 4. The first kappa shape index (κ1) is 16.1. The number of hydrogen-bond donors (Lipinski definition) is 2. The number of carbonyl (C=O) groups excluding carboxylic acids is 1. The van der Waals surface area contributed by atoms with Crippen molar-refractivity contribution < 1.29 is 14.3 Å². The zero-order valence-corrected chi connectivity index (χ0v) is 12.9. The Bertz CT molecular complexity index is 457. The molecule has 1 rings (SSSR count). The van der Waals surface area contributed by atoms with E-state index in [2.05, 4.69) is 21.2 Å². The summed E-state index contributed by atoms with van der Waals surface area (Å²) in [5.74, 6) is -0.673. The molecule has 1 amide bonds. The molecule has 5 heteroatoms. The number of carbonyl (C=O) groups is 1. The second-order valence-electron chi connectivity index (χ2n) is 5.53. The highest BCUT2D eigenvalue weighted by Gasteiger charge is 2.26. The van der Waals surface area contributed by atoms with Crippen LogP contribution in [0.2, 0.25) is 0 Å². The van der Waals surface area contributed by atoms with Gasteiger partial charge in [-0.05, 0) is 46.0 Å². The number of hydrogen-bond acceptors (Lipinski definition) is 2. The van der Waals surface area contributed by atoms with Gasteiger partial charge in [-0.2, -0.15) is 0 Å². The summed E-state index contributed by atoms with van der Waals surface area (Å²) >= 11 is 3.06. The predicted octanol–water partition coefficient (Wildman–Crippen LogP) is 3.12. The molecule has 0 aliphatic carbocycles. The minimum absolute atomic E-state index is 0.00925. The predicted molar refractivity (Wildman–Crippen MR) is 76.5 cm³/mol. The van der Waals surface area contributed by atoms with E-state index >= 15 is 0 Å². The first-order valence-corrected chi connectivity index (χ1v) is 6.91. The van der Waals surface area contributed by atoms with E-state index in [4.69, 9.17) is 5.11 Å². The molecule has 0 saturated carbocycles. The molecule has 19 heavy (non-hydrogen) atoms. The van der Waals surface area contributed by atoms with Crippen LogP contribution in [0.4, 0.5) is 4.39 Å². The number of benzene rings is 1. The number of aliphatic hydroxyl groups is 1. The monoisotopic (exact) mass is 331 g/mol. The van der Waals surface area contributed by atoms with E-state index in [1.54, 1.807) is 0 Å². The van der Waals surface area contributed by atoms with E-state index in [-0.39, 0.29) is 28.4 Å². The smallest absolute Gasteiger partial charge is 0.251 e. The van der Waals surface area contributed by atoms with Crippen LogP contribution in [0.5, 0.6) is 0 Å². The topological polar surface area (TPSA) is 49.3 Å². The van der Waals surface area contributed by atoms with Crippen LogP contribution in [0.1, 0.15) is 37.6 Å². The van der Waals surface area contributed by atoms with Gasteiger partial charge in [0.15, 0.2) is 0 Å². The van der Waals surface area contributed by atoms with Gasteiger partial charge in [0.25, 0.3) is 5.91 Å². The lowest BCUT2D eigenvalue weighted by molar-refractivity contribution is 0.0885. The average molecular weight is 332 g/mol. The molecule has 0 bridgehead atoms. The molecule has 1 aromatic rings. The summed E-state index contributed by atoms with van der Waals surface area (Å²) in [6.45, 7) is 5.99. The summed E-state index contributed by atoms with van der Waals surface area (Å²) in [4.78, 5) is 12.1. The van der Waals surface area contributed by atoms with Crippen molar-refractivity contribution in [3.05, 3.63) is 34.1 Å². The van der Waals surface area contributed by atoms with Gasteiger partial charge in [-0.15, -0.1) is 0 Å². The van der Waals surface area contributed by atoms with E-state index in [1.807, 2.05) is 20.8 Å². The molecule has 0 heterocycles. The van der Waals surface area contributed by atoms with Crippen molar-refractivity contribution in [2.45, 2.75) is 33.2 Å². The molecule has 0 spiro atoms. The maximum absolute atomic E-state index is 13.1. The van der Waals surface area contributed by atoms with Crippen LogP contribution in [0.15, 0.2) is 22.7 Å². The highest BCUT2D eigenvalue weighted by atomic mass is 79.9. The molecule has 1 aromatic carbocycles. The highest BCUT2D eigenvalue weighted by molar-refractivity contribution is 9.10. The molecule has 0 saturated heterocycles. The number of halogens is 2. The Kier molecular flexibility index (Phi) is 5.50. The Morgan fingerprint density at radius 2 is 2.11 bits per heavy atom. The Labute approximate surface area is 121 Å². The highest BCUT2D eigenvalue weighted by Crippen LogP contribution is 2.23. The Hall–Kier alpha value is -0.940. The largest absolute Gasteiger partial charge is 0.396 e. The van der Waals surface area contributed by atoms with Crippen LogP contribution in [-0.4, -0.2) is 23.7 Å². The fraction of sp³-hybridized carbons (Fsp3) is 0.500. The summed E-state index contributed by atoms with van der Waals surface area (Å²) in [6.07, 6.45) is 0.484. The van der Waals surface area contributed by atoms with Gasteiger partial charge in [0.05, 0.1) is 4.47 Å². The number of aliphatic hydroxyl groups excluding tert-OH is 1. The van der Waals surface area contributed by atoms with Crippen LogP contribution >= 0.6 is 15.9 Å². The van der Waals surface area contributed by atoms with Gasteiger partial charge in [-0.3, -0.25) is 4.79 Å². The molecular weight excluding hydrogens is 313 g/mol. The first-order chi connectivity index (χ1) is 8.75. The van der Waals surface area contributed by atoms with Crippen molar-refractivity contribution in [1.29, 1.82) is 0 Å². The second kappa shape index (κ2) is 6.48. The zero-order chi connectivity index (χ0) is 14.6. The maximum Gasteiger partial charge on any atom is 0.251 e. The van der Waals surface area contributed by atoms with Gasteiger partial charge in [0, 0.05) is 18.2 Å². The molecule has 0 fully saturated rings. The van der Waals surface area contributed by atoms with E-state index < -0.39 is 5.82 Å². The Morgan fingerprint density at radius 1 is 1.47 bits per heavy atom. The number of amides is 1. The minimum Gasteiger partial charge on any atom is -0.396 e. The van der Waals surface area contributed by atoms with Crippen molar-refractivity contribution >= 4 is 21.8 Å². The van der Waals surface area contributed by atoms with Crippen molar-refractivity contribution in [2.24, 2.45) is 5.41 Å². The SMILES string of the molecule is CC(C)(C)C(CCO)NC(=O)c1ccc(F)c(Br)c1. The standard InChI is InChI=1S/C14H19BrFNO2/c1-14(2,3)12(6-7-18)17-13(19)9-4-5-11(16)10(15)8-9/h4-5,8,12,18H,6-7H2,1-3H3,(H,17,19). The minimum atomic E-state index is -0.403. The molecule has 1 unspecified atom stereocenters. The first-order valence-electron chi connectivity index (χ1n) is 6.12. The summed E-state index contributed by atoms with van der Waals surface area (Å²) in [5, 5.41) is 11.9. The summed E-state index contributed by atoms with van der Waals surface area (Å²) in [6, 6.07) is 3.99. The molecule has 106 valence electrons. The van der Waals surface area contributed by atoms with Crippen molar-refractivity contribution in [3.63, 3.8) is 0 Å². The molecule has 0 aliphatic heterocycles. The third-order valence-electron chi connectivity index (χ3n) is 2.95. The molecule has 2 N–H and O–H groups in total. The van der Waals surface area contributed by atoms with E-state index in [0.29, 0.717) is 12.0 Å². The maximum atomic E-state index is 13.1. The van der Waals surface area contributed by atoms with E-state index in [1.165, 1.54) is 18.2 Å². The van der Waals surface area contributed by atoms with Crippen molar-refractivity contribution in [3.8, 4) is 0 Å². The van der Waals surface area contributed by atoms with Gasteiger partial charge in [-0.1, -0.05) is 20.8 Å². The molecular formula is C14H19BrFNO2. The third-order valence-corrected chi connectivity index (χ3v) is 3.56. The molecule has 0 aliphatic rings. The summed E-state index contributed by atoms with van der Waals surface area (Å²) in [5.41, 5.74) is 0.232. The van der Waals surface area contributed by atoms with Gasteiger partial charge < -0.3 is 10.4 Å². The van der Waals surface area contributed by atoms with Crippen LogP contribution in [-0.2, 0) is 0 Å². The summed E-state index contributed by atoms with van der Waals surface area (Å²) in [7, 11) is 0. The lowest BCUT2D eigenvalue weighted by Crippen LogP contribution is -2.44. The molecule has 0 radical (unpaired) electrons. The van der Waals surface area contributed by atoms with Crippen LogP contribution in [0.3, 0.4) is 0 Å². The van der Waals surface area contributed by atoms with E-state index in [0.717, 1.165) is 0 Å². The van der Waals surface area contributed by atoms with Gasteiger partial charge in [0.1, 0.15) is 5.82 Å². The van der Waals surface area contributed by atoms with Crippen molar-refractivity contribution in [2.75, 3.05) is 6.61 Å². The van der Waals surface area contributed by atoms with E-state index in [9.17, 15) is 9.18 Å². The average Bonchev–Trinajstić information content (AvgIpc) is 2.30. The fourth-order valence-corrected chi connectivity index (χ4v) is 2.11. The van der Waals surface area contributed by atoms with Gasteiger partial charge in [0.2, 0.25) is 0 Å². The lowest BCUT2D eigenvalue weighted by Gasteiger charge is -2.31. The second-order valence-corrected chi connectivity index (χ2v) is 6.39. The summed E-state index contributed by atoms with van der Waals surface area (Å²) < 4.78 is 13.4. The zero-order valence-electron chi connectivity index (χ0n) is 11.3. The molecule has 0 aromatic heterocycles. The van der Waals surface area contributed by atoms with Crippen molar-refractivity contribution in [1.82, 2.24) is 5.32 Å². The third kappa shape index (κ3) is 4.58. The molecule has 3 nitrogen and oxygen atoms in total. The Balaban J connectivity index is 2.84. The van der Waals surface area contributed by atoms with Crippen LogP contribution in [0, 0.1) is 11.2 Å². The van der Waals surface area contributed by atoms with Gasteiger partial charge in [-0.25, -0.2) is 4.39 Å². The van der Waals surface area contributed by atoms with Gasteiger partial charge >= 0.3 is 0 Å². The quantitative estimate of drug-likeness (QED) is 0.890. The molecule has 1 atom stereocenters. The Morgan fingerprint density at radius 3 is 2.58 bits per heavy atom. The fourth-order valence-electron chi connectivity index (χ4n) is 1.73. The van der Waals surface area contributed by atoms with Crippen LogP contribution < -0.4 is 5.32 Å². The number of nitrogens with one attached hydrogen (secondary N) is 1. The van der Waals surface area contributed by atoms with Crippen LogP contribution in [0.25, 0.3) is 0 Å². The normalized spacial score (nSPS) is 13.2. The lowest BCUT2D eigenvalue weighted by atomic mass is 9.85.